The van der Waals surface area contributed by atoms with E-state index in [9.17, 15) is 4.79 Å². The van der Waals surface area contributed by atoms with Crippen molar-refractivity contribution in [2.45, 2.75) is 40.7 Å². The third-order valence-corrected chi connectivity index (χ3v) is 5.63. The van der Waals surface area contributed by atoms with Gasteiger partial charge in [-0.2, -0.15) is 5.10 Å². The van der Waals surface area contributed by atoms with Crippen molar-refractivity contribution in [1.29, 1.82) is 0 Å². The van der Waals surface area contributed by atoms with Gasteiger partial charge in [-0.1, -0.05) is 27.0 Å². The number of hydrogen-bond donors (Lipinski definition) is 2. The van der Waals surface area contributed by atoms with Crippen molar-refractivity contribution in [2.24, 2.45) is 7.05 Å². The standard InChI is InChI=1S/C27H39N5O2.C2H5NO.C2H6/c1-10-34-25-15-22(14-23(16-25)24-17-28-32(9)18-24)21(5)29-27(33)26(19(2)3)13-20(4)31(8)12-11-30(6)7;1-3-2-4;1-2/h13-18,21H,2,4,10-12H2,1,3,5-9H3,(H,29,33);2H,1H3,(H,3,4);1-2H3/b26-13+;;. The van der Waals surface area contributed by atoms with Gasteiger partial charge in [0.25, 0.3) is 5.91 Å². The van der Waals surface area contributed by atoms with Crippen LogP contribution >= 0.6 is 0 Å². The van der Waals surface area contributed by atoms with E-state index in [1.807, 2.05) is 92.2 Å². The Bertz CT molecular complexity index is 1120. The van der Waals surface area contributed by atoms with Gasteiger partial charge in [0.15, 0.2) is 0 Å². The van der Waals surface area contributed by atoms with E-state index in [1.54, 1.807) is 17.8 Å². The molecule has 9 heteroatoms. The number of hydrogen-bond acceptors (Lipinski definition) is 6. The molecule has 2 aromatic rings. The van der Waals surface area contributed by atoms with Crippen LogP contribution in [0.3, 0.4) is 0 Å². The number of nitrogens with one attached hydrogen (secondary N) is 2. The Morgan fingerprint density at radius 1 is 1.15 bits per heavy atom. The number of rotatable bonds is 13. The number of ether oxygens (including phenoxy) is 1. The van der Waals surface area contributed by atoms with Gasteiger partial charge < -0.3 is 25.2 Å². The molecular weight excluding hydrogens is 504 g/mol. The SMILES string of the molecule is C=C(C)/C(=C\C(=C)N(C)CCN(C)C)C(=O)NC(C)c1cc(OCC)cc(-c2cnn(C)c2)c1.CC.CNC=O. The van der Waals surface area contributed by atoms with Crippen molar-refractivity contribution in [1.82, 2.24) is 30.2 Å². The van der Waals surface area contributed by atoms with Crippen LogP contribution in [0.2, 0.25) is 0 Å². The molecule has 9 nitrogen and oxygen atoms in total. The highest BCUT2D eigenvalue weighted by atomic mass is 16.5. The molecular formula is C31H50N6O3. The fourth-order valence-electron chi connectivity index (χ4n) is 3.37. The van der Waals surface area contributed by atoms with Crippen molar-refractivity contribution >= 4 is 12.3 Å². The van der Waals surface area contributed by atoms with Crippen LogP contribution in [0.1, 0.15) is 46.2 Å². The van der Waals surface area contributed by atoms with Gasteiger partial charge in [-0.25, -0.2) is 0 Å². The number of aromatic nitrogens is 2. The Hall–Kier alpha value is -3.85. The summed E-state index contributed by atoms with van der Waals surface area (Å²) in [4.78, 5) is 26.4. The average molecular weight is 555 g/mol. The lowest BCUT2D eigenvalue weighted by Crippen LogP contribution is -2.30. The zero-order chi connectivity index (χ0) is 30.8. The topological polar surface area (TPSA) is 91.7 Å². The molecule has 2 rings (SSSR count). The first-order valence-corrected chi connectivity index (χ1v) is 13.5. The number of benzene rings is 1. The summed E-state index contributed by atoms with van der Waals surface area (Å²) >= 11 is 0. The highest BCUT2D eigenvalue weighted by molar-refractivity contribution is 5.98. The predicted octanol–water partition coefficient (Wildman–Crippen LogP) is 4.56. The van der Waals surface area contributed by atoms with E-state index >= 15 is 0 Å². The molecule has 0 aliphatic carbocycles. The Labute approximate surface area is 241 Å². The molecule has 0 radical (unpaired) electrons. The second-order valence-corrected chi connectivity index (χ2v) is 9.28. The van der Waals surface area contributed by atoms with Gasteiger partial charge in [-0.15, -0.1) is 0 Å². The second-order valence-electron chi connectivity index (χ2n) is 9.28. The molecule has 1 heterocycles. The highest BCUT2D eigenvalue weighted by Crippen LogP contribution is 2.29. The van der Waals surface area contributed by atoms with Gasteiger partial charge in [-0.3, -0.25) is 14.3 Å². The number of carbonyl (C=O) groups is 2. The number of carbonyl (C=O) groups excluding carboxylic acids is 2. The normalized spacial score (nSPS) is 11.2. The molecule has 2 amide bonds. The summed E-state index contributed by atoms with van der Waals surface area (Å²) in [6, 6.07) is 5.77. The fraction of sp³-hybridized carbons (Fsp3) is 0.452. The summed E-state index contributed by atoms with van der Waals surface area (Å²) in [6.45, 7) is 20.2. The lowest BCUT2D eigenvalue weighted by atomic mass is 10.0. The number of allylic oxidation sites excluding steroid dienone is 1. The minimum absolute atomic E-state index is 0.188. The van der Waals surface area contributed by atoms with Crippen molar-refractivity contribution < 1.29 is 14.3 Å². The third kappa shape index (κ3) is 12.8. The maximum Gasteiger partial charge on any atom is 0.252 e. The molecule has 1 aromatic carbocycles. The first-order chi connectivity index (χ1) is 18.9. The maximum atomic E-state index is 13.2. The molecule has 222 valence electrons. The predicted molar refractivity (Wildman–Crippen MR) is 166 cm³/mol. The highest BCUT2D eigenvalue weighted by Gasteiger charge is 2.17. The molecule has 2 N–H and O–H groups in total. The van der Waals surface area contributed by atoms with Crippen molar-refractivity contribution in [3.8, 4) is 16.9 Å². The van der Waals surface area contributed by atoms with E-state index in [-0.39, 0.29) is 11.9 Å². The van der Waals surface area contributed by atoms with Crippen LogP contribution in [0.15, 0.2) is 66.7 Å². The van der Waals surface area contributed by atoms with Crippen LogP contribution in [-0.4, -0.2) is 79.8 Å². The third-order valence-electron chi connectivity index (χ3n) is 5.63. The van der Waals surface area contributed by atoms with Crippen molar-refractivity contribution in [2.75, 3.05) is 47.9 Å². The molecule has 0 aliphatic rings. The van der Waals surface area contributed by atoms with Gasteiger partial charge in [0.2, 0.25) is 6.41 Å². The van der Waals surface area contributed by atoms with Crippen LogP contribution in [0, 0.1) is 0 Å². The van der Waals surface area contributed by atoms with Crippen LogP contribution in [0.5, 0.6) is 5.75 Å². The van der Waals surface area contributed by atoms with Gasteiger partial charge in [0, 0.05) is 57.3 Å². The van der Waals surface area contributed by atoms with Gasteiger partial charge in [-0.05, 0) is 75.8 Å². The number of aryl methyl sites for hydroxylation is 1. The molecule has 1 unspecified atom stereocenters. The molecule has 1 aromatic heterocycles. The smallest absolute Gasteiger partial charge is 0.252 e. The van der Waals surface area contributed by atoms with Crippen LogP contribution in [0.25, 0.3) is 11.1 Å². The van der Waals surface area contributed by atoms with Gasteiger partial charge in [0.05, 0.1) is 18.8 Å². The first-order valence-electron chi connectivity index (χ1n) is 13.5. The Morgan fingerprint density at radius 3 is 2.25 bits per heavy atom. The first kappa shape index (κ1) is 36.1. The second kappa shape index (κ2) is 19.2. The molecule has 0 spiro atoms. The van der Waals surface area contributed by atoms with Crippen LogP contribution < -0.4 is 15.4 Å². The largest absolute Gasteiger partial charge is 0.494 e. The van der Waals surface area contributed by atoms with Gasteiger partial charge >= 0.3 is 0 Å². The molecule has 0 saturated heterocycles. The zero-order valence-corrected chi connectivity index (χ0v) is 26.2. The van der Waals surface area contributed by atoms with Gasteiger partial charge in [0.1, 0.15) is 5.75 Å². The molecule has 1 atom stereocenters. The van der Waals surface area contributed by atoms with E-state index in [2.05, 4.69) is 39.9 Å². The quantitative estimate of drug-likeness (QED) is 0.214. The van der Waals surface area contributed by atoms with E-state index in [4.69, 9.17) is 9.53 Å². The van der Waals surface area contributed by atoms with E-state index in [1.165, 1.54) is 0 Å². The summed E-state index contributed by atoms with van der Waals surface area (Å²) in [6.07, 6.45) is 6.20. The van der Waals surface area contributed by atoms with Crippen LogP contribution in [-0.2, 0) is 16.6 Å². The summed E-state index contributed by atoms with van der Waals surface area (Å²) in [7, 11) is 9.48. The molecule has 0 aliphatic heterocycles. The fourth-order valence-corrected chi connectivity index (χ4v) is 3.37. The Balaban J connectivity index is 0.00000232. The number of nitrogens with zero attached hydrogens (tertiary/aromatic N) is 4. The summed E-state index contributed by atoms with van der Waals surface area (Å²) in [5.41, 5.74) is 4.89. The number of likely N-dealkylation sites (N-methyl/N-ethyl adjacent to an activating group) is 2. The van der Waals surface area contributed by atoms with Crippen molar-refractivity contribution in [3.63, 3.8) is 0 Å². The van der Waals surface area contributed by atoms with Crippen LogP contribution in [0.4, 0.5) is 0 Å². The lowest BCUT2D eigenvalue weighted by Gasteiger charge is -2.23. The Kier molecular flexibility index (Phi) is 17.4. The monoisotopic (exact) mass is 554 g/mol. The number of amides is 2. The molecule has 0 bridgehead atoms. The summed E-state index contributed by atoms with van der Waals surface area (Å²) < 4.78 is 7.55. The van der Waals surface area contributed by atoms with E-state index < -0.39 is 0 Å². The average Bonchev–Trinajstić information content (AvgIpc) is 3.37. The molecule has 40 heavy (non-hydrogen) atoms. The lowest BCUT2D eigenvalue weighted by molar-refractivity contribution is -0.118. The van der Waals surface area contributed by atoms with E-state index in [0.29, 0.717) is 24.2 Å². The minimum Gasteiger partial charge on any atom is -0.494 e. The maximum absolute atomic E-state index is 13.2. The summed E-state index contributed by atoms with van der Waals surface area (Å²) in [5.74, 6) is 0.568. The Morgan fingerprint density at radius 2 is 1.77 bits per heavy atom. The van der Waals surface area contributed by atoms with Crippen molar-refractivity contribution in [3.05, 3.63) is 72.2 Å². The molecule has 0 fully saturated rings. The molecule has 0 saturated carbocycles. The minimum atomic E-state index is -0.245. The summed E-state index contributed by atoms with van der Waals surface area (Å²) in [5, 5.41) is 9.64. The zero-order valence-electron chi connectivity index (χ0n) is 26.2. The van der Waals surface area contributed by atoms with E-state index in [0.717, 1.165) is 41.2 Å².